The van der Waals surface area contributed by atoms with Gasteiger partial charge in [-0.15, -0.1) is 0 Å². The minimum absolute atomic E-state index is 0.139. The number of piperazine rings is 1. The van der Waals surface area contributed by atoms with E-state index in [0.29, 0.717) is 0 Å². The van der Waals surface area contributed by atoms with Gasteiger partial charge in [0.1, 0.15) is 0 Å². The number of rotatable bonds is 4. The summed E-state index contributed by atoms with van der Waals surface area (Å²) >= 11 is 0. The summed E-state index contributed by atoms with van der Waals surface area (Å²) in [6.45, 7) is 5.71. The zero-order valence-corrected chi connectivity index (χ0v) is 15.2. The highest BCUT2D eigenvalue weighted by atomic mass is 16.2. The monoisotopic (exact) mass is 349 g/mol. The molecule has 4 heteroatoms. The summed E-state index contributed by atoms with van der Waals surface area (Å²) < 4.78 is 0. The Hall–Kier alpha value is -2.17. The Morgan fingerprint density at radius 3 is 2.42 bits per heavy atom. The van der Waals surface area contributed by atoms with Crippen LogP contribution in [0.1, 0.15) is 40.4 Å². The molecule has 2 aliphatic heterocycles. The summed E-state index contributed by atoms with van der Waals surface area (Å²) in [5.74, 6) is 0.139. The van der Waals surface area contributed by atoms with Crippen LogP contribution >= 0.6 is 0 Å². The Morgan fingerprint density at radius 2 is 1.69 bits per heavy atom. The zero-order valence-electron chi connectivity index (χ0n) is 15.2. The van der Waals surface area contributed by atoms with Crippen molar-refractivity contribution < 1.29 is 4.79 Å². The number of amides is 1. The van der Waals surface area contributed by atoms with Gasteiger partial charge in [0.15, 0.2) is 0 Å². The lowest BCUT2D eigenvalue weighted by atomic mass is 10.0. The smallest absolute Gasteiger partial charge is 0.253 e. The van der Waals surface area contributed by atoms with Crippen molar-refractivity contribution in [1.82, 2.24) is 15.1 Å². The van der Waals surface area contributed by atoms with E-state index >= 15 is 0 Å². The van der Waals surface area contributed by atoms with Crippen LogP contribution in [0.15, 0.2) is 54.6 Å². The van der Waals surface area contributed by atoms with Gasteiger partial charge in [0, 0.05) is 37.8 Å². The lowest BCUT2D eigenvalue weighted by Crippen LogP contribution is -2.48. The van der Waals surface area contributed by atoms with E-state index in [2.05, 4.69) is 46.6 Å². The minimum Gasteiger partial charge on any atom is -0.335 e. The molecular formula is C22H27N3O. The van der Waals surface area contributed by atoms with Gasteiger partial charge in [-0.3, -0.25) is 9.69 Å². The Balaban J connectivity index is 1.40. The second-order valence-electron chi connectivity index (χ2n) is 7.35. The predicted molar refractivity (Wildman–Crippen MR) is 104 cm³/mol. The van der Waals surface area contributed by atoms with Crippen LogP contribution in [0.5, 0.6) is 0 Å². The number of carbonyl (C=O) groups excluding carboxylic acids is 1. The first-order valence-electron chi connectivity index (χ1n) is 9.68. The average Bonchev–Trinajstić information content (AvgIpc) is 3.22. The van der Waals surface area contributed by atoms with Crippen LogP contribution in [0.2, 0.25) is 0 Å². The van der Waals surface area contributed by atoms with Gasteiger partial charge >= 0.3 is 0 Å². The van der Waals surface area contributed by atoms with E-state index in [9.17, 15) is 4.79 Å². The molecule has 1 unspecified atom stereocenters. The van der Waals surface area contributed by atoms with Crippen molar-refractivity contribution in [3.63, 3.8) is 0 Å². The predicted octanol–water partition coefficient (Wildman–Crippen LogP) is 3.07. The summed E-state index contributed by atoms with van der Waals surface area (Å²) in [6, 6.07) is 18.8. The van der Waals surface area contributed by atoms with Crippen molar-refractivity contribution in [1.29, 1.82) is 0 Å². The molecule has 0 saturated carbocycles. The molecule has 0 aromatic heterocycles. The highest BCUT2D eigenvalue weighted by Gasteiger charge is 2.25. The van der Waals surface area contributed by atoms with E-state index in [1.807, 2.05) is 23.1 Å². The molecule has 2 aliphatic rings. The number of hydrogen-bond acceptors (Lipinski definition) is 3. The molecule has 2 saturated heterocycles. The molecule has 0 spiro atoms. The van der Waals surface area contributed by atoms with Gasteiger partial charge in [0.25, 0.3) is 5.91 Å². The van der Waals surface area contributed by atoms with Crippen molar-refractivity contribution >= 4 is 5.91 Å². The third kappa shape index (κ3) is 3.97. The molecule has 2 aromatic carbocycles. The first-order valence-corrected chi connectivity index (χ1v) is 9.68. The lowest BCUT2D eigenvalue weighted by Gasteiger charge is -2.34. The largest absolute Gasteiger partial charge is 0.335 e. The standard InChI is InChI=1S/C22H27N3O/c26-22(20-10-8-18(9-11-20)16-24-13-4-5-14-24)25-15-12-23-21(17-25)19-6-2-1-3-7-19/h1-3,6-11,21,23H,4-5,12-17H2. The topological polar surface area (TPSA) is 35.6 Å². The highest BCUT2D eigenvalue weighted by molar-refractivity contribution is 5.94. The van der Waals surface area contributed by atoms with E-state index in [1.54, 1.807) is 0 Å². The third-order valence-electron chi connectivity index (χ3n) is 5.47. The SMILES string of the molecule is O=C(c1ccc(CN2CCCC2)cc1)N1CCNC(c2ccccc2)C1. The molecule has 1 amide bonds. The molecule has 136 valence electrons. The van der Waals surface area contributed by atoms with Crippen molar-refractivity contribution in [3.05, 3.63) is 71.3 Å². The van der Waals surface area contributed by atoms with Gasteiger partial charge in [-0.25, -0.2) is 0 Å². The van der Waals surface area contributed by atoms with Crippen molar-refractivity contribution in [3.8, 4) is 0 Å². The van der Waals surface area contributed by atoms with Crippen LogP contribution in [0, 0.1) is 0 Å². The fourth-order valence-corrected chi connectivity index (χ4v) is 3.98. The molecule has 4 nitrogen and oxygen atoms in total. The molecule has 4 rings (SSSR count). The first-order chi connectivity index (χ1) is 12.8. The molecule has 1 N–H and O–H groups in total. The summed E-state index contributed by atoms with van der Waals surface area (Å²) in [6.07, 6.45) is 2.62. The van der Waals surface area contributed by atoms with Crippen LogP contribution in [-0.4, -0.2) is 48.4 Å². The number of benzene rings is 2. The molecule has 2 aromatic rings. The van der Waals surface area contributed by atoms with E-state index in [0.717, 1.165) is 31.7 Å². The van der Waals surface area contributed by atoms with Gasteiger partial charge in [0.2, 0.25) is 0 Å². The fourth-order valence-electron chi connectivity index (χ4n) is 3.98. The van der Waals surface area contributed by atoms with Crippen LogP contribution in [-0.2, 0) is 6.54 Å². The molecule has 0 bridgehead atoms. The molecule has 2 fully saturated rings. The Bertz CT molecular complexity index is 723. The number of likely N-dealkylation sites (tertiary alicyclic amines) is 1. The van der Waals surface area contributed by atoms with Crippen molar-refractivity contribution in [2.24, 2.45) is 0 Å². The lowest BCUT2D eigenvalue weighted by molar-refractivity contribution is 0.0703. The van der Waals surface area contributed by atoms with Gasteiger partial charge in [-0.05, 0) is 49.2 Å². The van der Waals surface area contributed by atoms with E-state index < -0.39 is 0 Å². The molecule has 26 heavy (non-hydrogen) atoms. The van der Waals surface area contributed by atoms with Crippen LogP contribution in [0.4, 0.5) is 0 Å². The number of nitrogens with one attached hydrogen (secondary N) is 1. The number of hydrogen-bond donors (Lipinski definition) is 1. The maximum atomic E-state index is 12.9. The summed E-state index contributed by atoms with van der Waals surface area (Å²) in [5.41, 5.74) is 3.33. The highest BCUT2D eigenvalue weighted by Crippen LogP contribution is 2.19. The Labute approximate surface area is 155 Å². The van der Waals surface area contributed by atoms with Crippen molar-refractivity contribution in [2.45, 2.75) is 25.4 Å². The van der Waals surface area contributed by atoms with Crippen molar-refractivity contribution in [2.75, 3.05) is 32.7 Å². The van der Waals surface area contributed by atoms with E-state index in [4.69, 9.17) is 0 Å². The second kappa shape index (κ2) is 8.02. The molecule has 2 heterocycles. The first kappa shape index (κ1) is 17.3. The van der Waals surface area contributed by atoms with Gasteiger partial charge in [-0.2, -0.15) is 0 Å². The maximum absolute atomic E-state index is 12.9. The van der Waals surface area contributed by atoms with Crippen LogP contribution in [0.3, 0.4) is 0 Å². The van der Waals surface area contributed by atoms with Crippen LogP contribution in [0.25, 0.3) is 0 Å². The summed E-state index contributed by atoms with van der Waals surface area (Å²) in [4.78, 5) is 17.4. The van der Waals surface area contributed by atoms with Gasteiger partial charge in [-0.1, -0.05) is 42.5 Å². The molecule has 1 atom stereocenters. The Morgan fingerprint density at radius 1 is 0.962 bits per heavy atom. The number of nitrogens with zero attached hydrogens (tertiary/aromatic N) is 2. The number of carbonyl (C=O) groups is 1. The third-order valence-corrected chi connectivity index (χ3v) is 5.47. The van der Waals surface area contributed by atoms with E-state index in [-0.39, 0.29) is 11.9 Å². The maximum Gasteiger partial charge on any atom is 0.253 e. The summed E-state index contributed by atoms with van der Waals surface area (Å²) in [5, 5.41) is 3.52. The molecule has 0 radical (unpaired) electrons. The molecular weight excluding hydrogens is 322 g/mol. The minimum atomic E-state index is 0.139. The average molecular weight is 349 g/mol. The Kier molecular flexibility index (Phi) is 5.32. The van der Waals surface area contributed by atoms with Crippen LogP contribution < -0.4 is 5.32 Å². The normalized spacial score (nSPS) is 21.1. The van der Waals surface area contributed by atoms with Gasteiger partial charge < -0.3 is 10.2 Å². The van der Waals surface area contributed by atoms with Gasteiger partial charge in [0.05, 0.1) is 0 Å². The fraction of sp³-hybridized carbons (Fsp3) is 0.409. The quantitative estimate of drug-likeness (QED) is 0.921. The second-order valence-corrected chi connectivity index (χ2v) is 7.35. The summed E-state index contributed by atoms with van der Waals surface area (Å²) in [7, 11) is 0. The molecule has 0 aliphatic carbocycles. The van der Waals surface area contributed by atoms with E-state index in [1.165, 1.54) is 37.1 Å². The zero-order chi connectivity index (χ0) is 17.8.